The minimum absolute atomic E-state index is 0.124. The van der Waals surface area contributed by atoms with Gasteiger partial charge in [-0.15, -0.1) is 0 Å². The van der Waals surface area contributed by atoms with E-state index in [0.717, 1.165) is 6.54 Å². The highest BCUT2D eigenvalue weighted by Crippen LogP contribution is 2.03. The van der Waals surface area contributed by atoms with Crippen molar-refractivity contribution in [1.29, 1.82) is 0 Å². The Bertz CT molecular complexity index is 195. The molecule has 0 atom stereocenters. The fraction of sp³-hybridized carbons (Fsp3) is 0.917. The van der Waals surface area contributed by atoms with E-state index < -0.39 is 0 Å². The highest BCUT2D eigenvalue weighted by atomic mass is 16.5. The fourth-order valence-corrected chi connectivity index (χ4v) is 1.63. The van der Waals surface area contributed by atoms with E-state index in [0.29, 0.717) is 18.7 Å². The summed E-state index contributed by atoms with van der Waals surface area (Å²) in [4.78, 5) is 13.5. The smallest absolute Gasteiger partial charge is 0.407 e. The van der Waals surface area contributed by atoms with E-state index in [1.807, 2.05) is 13.8 Å². The summed E-state index contributed by atoms with van der Waals surface area (Å²) in [6.07, 6.45) is -0.331. The molecule has 0 aromatic carbocycles. The lowest BCUT2D eigenvalue weighted by molar-refractivity contribution is 0.102. The average molecular weight is 230 g/mol. The quantitative estimate of drug-likeness (QED) is 0.761. The summed E-state index contributed by atoms with van der Waals surface area (Å²) in [5.41, 5.74) is 0. The molecule has 16 heavy (non-hydrogen) atoms. The highest BCUT2D eigenvalue weighted by molar-refractivity contribution is 5.67. The first-order valence-electron chi connectivity index (χ1n) is 6.03. The van der Waals surface area contributed by atoms with Crippen molar-refractivity contribution in [1.82, 2.24) is 10.2 Å². The number of carbonyl (C=O) groups excluding carboxylic acids is 1. The molecule has 96 valence electrons. The fourth-order valence-electron chi connectivity index (χ4n) is 1.63. The summed E-state index contributed by atoms with van der Waals surface area (Å²) >= 11 is 0. The van der Waals surface area contributed by atoms with E-state index in [2.05, 4.69) is 37.9 Å². The van der Waals surface area contributed by atoms with Crippen LogP contribution in [0.25, 0.3) is 0 Å². The van der Waals surface area contributed by atoms with Crippen LogP contribution in [0.3, 0.4) is 0 Å². The maximum Gasteiger partial charge on any atom is 0.407 e. The Morgan fingerprint density at radius 3 is 2.00 bits per heavy atom. The van der Waals surface area contributed by atoms with Crippen molar-refractivity contribution in [3.63, 3.8) is 0 Å². The predicted octanol–water partition coefficient (Wildman–Crippen LogP) is 2.24. The summed E-state index contributed by atoms with van der Waals surface area (Å²) in [6, 6.07) is 1.06. The molecule has 0 radical (unpaired) electrons. The molecule has 4 nitrogen and oxygen atoms in total. The molecule has 0 aliphatic carbocycles. The zero-order valence-corrected chi connectivity index (χ0v) is 11.4. The second kappa shape index (κ2) is 7.49. The minimum atomic E-state index is -0.331. The maximum atomic E-state index is 11.2. The van der Waals surface area contributed by atoms with Crippen LogP contribution in [0.1, 0.15) is 41.5 Å². The number of nitrogens with zero attached hydrogens (tertiary/aromatic N) is 1. The summed E-state index contributed by atoms with van der Waals surface area (Å²) in [6.45, 7) is 13.6. The Labute approximate surface area is 99.3 Å². The van der Waals surface area contributed by atoms with E-state index in [4.69, 9.17) is 4.74 Å². The standard InChI is InChI=1S/C12H26N2O2/c1-9(2)13-12(15)16-8-7-14(10(3)4)11(5)6/h9-11H,7-8H2,1-6H3,(H,13,15). The van der Waals surface area contributed by atoms with Crippen molar-refractivity contribution in [2.45, 2.75) is 59.7 Å². The van der Waals surface area contributed by atoms with Crippen LogP contribution in [-0.2, 0) is 4.74 Å². The lowest BCUT2D eigenvalue weighted by atomic mass is 10.2. The molecule has 0 saturated heterocycles. The van der Waals surface area contributed by atoms with Crippen molar-refractivity contribution in [3.05, 3.63) is 0 Å². The second-order valence-corrected chi connectivity index (χ2v) is 4.86. The molecule has 0 aliphatic rings. The third-order valence-electron chi connectivity index (χ3n) is 2.32. The van der Waals surface area contributed by atoms with E-state index in [-0.39, 0.29) is 12.1 Å². The first-order chi connectivity index (χ1) is 7.34. The number of rotatable bonds is 6. The van der Waals surface area contributed by atoms with Gasteiger partial charge in [0.15, 0.2) is 0 Å². The number of carbonyl (C=O) groups is 1. The Balaban J connectivity index is 3.82. The molecular weight excluding hydrogens is 204 g/mol. The van der Waals surface area contributed by atoms with E-state index >= 15 is 0 Å². The third kappa shape index (κ3) is 6.67. The lowest BCUT2D eigenvalue weighted by Crippen LogP contribution is -2.40. The third-order valence-corrected chi connectivity index (χ3v) is 2.32. The van der Waals surface area contributed by atoms with Crippen LogP contribution in [0, 0.1) is 0 Å². The molecule has 1 N–H and O–H groups in total. The summed E-state index contributed by atoms with van der Waals surface area (Å²) in [7, 11) is 0. The van der Waals surface area contributed by atoms with Crippen molar-refractivity contribution in [2.24, 2.45) is 0 Å². The van der Waals surface area contributed by atoms with Gasteiger partial charge in [-0.25, -0.2) is 4.79 Å². The van der Waals surface area contributed by atoms with Gasteiger partial charge in [0.2, 0.25) is 0 Å². The van der Waals surface area contributed by atoms with Crippen LogP contribution in [0.15, 0.2) is 0 Å². The first kappa shape index (κ1) is 15.2. The van der Waals surface area contributed by atoms with Crippen LogP contribution in [-0.4, -0.2) is 42.3 Å². The van der Waals surface area contributed by atoms with Crippen LogP contribution >= 0.6 is 0 Å². The van der Waals surface area contributed by atoms with Gasteiger partial charge in [0.1, 0.15) is 6.61 Å². The van der Waals surface area contributed by atoms with Crippen LogP contribution < -0.4 is 5.32 Å². The molecular formula is C12H26N2O2. The molecule has 0 saturated carbocycles. The van der Waals surface area contributed by atoms with Crippen LogP contribution in [0.5, 0.6) is 0 Å². The monoisotopic (exact) mass is 230 g/mol. The largest absolute Gasteiger partial charge is 0.448 e. The van der Waals surface area contributed by atoms with Gasteiger partial charge in [-0.3, -0.25) is 4.90 Å². The molecule has 0 heterocycles. The SMILES string of the molecule is CC(C)NC(=O)OCCN(C(C)C)C(C)C. The molecule has 0 unspecified atom stereocenters. The summed E-state index contributed by atoms with van der Waals surface area (Å²) < 4.78 is 5.09. The zero-order chi connectivity index (χ0) is 12.7. The molecule has 0 rings (SSSR count). The molecule has 0 bridgehead atoms. The maximum absolute atomic E-state index is 11.2. The number of nitrogens with one attached hydrogen (secondary N) is 1. The molecule has 0 fully saturated rings. The Hall–Kier alpha value is -0.770. The summed E-state index contributed by atoms with van der Waals surface area (Å²) in [5, 5.41) is 2.70. The van der Waals surface area contributed by atoms with Crippen molar-refractivity contribution >= 4 is 6.09 Å². The number of hydrogen-bond donors (Lipinski definition) is 1. The van der Waals surface area contributed by atoms with Gasteiger partial charge in [-0.05, 0) is 41.5 Å². The molecule has 0 aromatic heterocycles. The van der Waals surface area contributed by atoms with E-state index in [9.17, 15) is 4.79 Å². The molecule has 1 amide bonds. The average Bonchev–Trinajstić information content (AvgIpc) is 2.09. The molecule has 4 heteroatoms. The van der Waals surface area contributed by atoms with Crippen molar-refractivity contribution in [2.75, 3.05) is 13.2 Å². The highest BCUT2D eigenvalue weighted by Gasteiger charge is 2.13. The Morgan fingerprint density at radius 2 is 1.62 bits per heavy atom. The Morgan fingerprint density at radius 1 is 1.12 bits per heavy atom. The topological polar surface area (TPSA) is 41.6 Å². The van der Waals surface area contributed by atoms with Crippen LogP contribution in [0.2, 0.25) is 0 Å². The van der Waals surface area contributed by atoms with Gasteiger partial charge in [-0.2, -0.15) is 0 Å². The number of amides is 1. The van der Waals surface area contributed by atoms with Crippen LogP contribution in [0.4, 0.5) is 4.79 Å². The predicted molar refractivity (Wildman–Crippen MR) is 66.6 cm³/mol. The number of ether oxygens (including phenoxy) is 1. The molecule has 0 spiro atoms. The first-order valence-corrected chi connectivity index (χ1v) is 6.03. The van der Waals surface area contributed by atoms with Gasteiger partial charge in [0.05, 0.1) is 0 Å². The minimum Gasteiger partial charge on any atom is -0.448 e. The number of hydrogen-bond acceptors (Lipinski definition) is 3. The van der Waals surface area contributed by atoms with Gasteiger partial charge >= 0.3 is 6.09 Å². The van der Waals surface area contributed by atoms with Gasteiger partial charge < -0.3 is 10.1 Å². The second-order valence-electron chi connectivity index (χ2n) is 4.86. The van der Waals surface area contributed by atoms with Crippen molar-refractivity contribution < 1.29 is 9.53 Å². The normalized spacial score (nSPS) is 11.6. The van der Waals surface area contributed by atoms with Gasteiger partial charge in [-0.1, -0.05) is 0 Å². The molecule has 0 aliphatic heterocycles. The lowest BCUT2D eigenvalue weighted by Gasteiger charge is -2.30. The summed E-state index contributed by atoms with van der Waals surface area (Å²) in [5.74, 6) is 0. The van der Waals surface area contributed by atoms with E-state index in [1.54, 1.807) is 0 Å². The Kier molecular flexibility index (Phi) is 7.13. The number of alkyl carbamates (subject to hydrolysis) is 1. The molecule has 0 aromatic rings. The van der Waals surface area contributed by atoms with E-state index in [1.165, 1.54) is 0 Å². The van der Waals surface area contributed by atoms with Gasteiger partial charge in [0, 0.05) is 24.7 Å². The van der Waals surface area contributed by atoms with Crippen molar-refractivity contribution in [3.8, 4) is 0 Å². The van der Waals surface area contributed by atoms with Gasteiger partial charge in [0.25, 0.3) is 0 Å². The zero-order valence-electron chi connectivity index (χ0n) is 11.4.